The molecule has 0 aliphatic heterocycles. The molecule has 0 N–H and O–H groups in total. The van der Waals surface area contributed by atoms with Crippen LogP contribution < -0.4 is 4.74 Å². The second-order valence-electron chi connectivity index (χ2n) is 4.94. The highest BCUT2D eigenvalue weighted by molar-refractivity contribution is 6.17. The molecule has 114 valence electrons. The van der Waals surface area contributed by atoms with Crippen molar-refractivity contribution in [2.45, 2.75) is 19.4 Å². The molecule has 0 radical (unpaired) electrons. The van der Waals surface area contributed by atoms with Crippen molar-refractivity contribution < 1.29 is 9.53 Å². The monoisotopic (exact) mass is 310 g/mol. The van der Waals surface area contributed by atoms with Crippen LogP contribution in [0.3, 0.4) is 0 Å². The van der Waals surface area contributed by atoms with Gasteiger partial charge in [0.05, 0.1) is 7.11 Å². The predicted molar refractivity (Wildman–Crippen MR) is 81.9 cm³/mol. The number of methoxy groups -OCH3 is 1. The second kappa shape index (κ2) is 6.30. The molecule has 0 aliphatic carbocycles. The average molecular weight is 311 g/mol. The second-order valence-corrected chi connectivity index (χ2v) is 5.32. The number of halogens is 1. The number of carbonyl (C=O) groups is 1. The third-order valence-electron chi connectivity index (χ3n) is 3.30. The third kappa shape index (κ3) is 2.95. The Labute approximate surface area is 128 Å². The van der Waals surface area contributed by atoms with Crippen LogP contribution in [0.2, 0.25) is 0 Å². The summed E-state index contributed by atoms with van der Waals surface area (Å²) in [6, 6.07) is 3.19. The fourth-order valence-electron chi connectivity index (χ4n) is 2.27. The maximum absolute atomic E-state index is 12.3. The molecule has 0 saturated heterocycles. The highest BCUT2D eigenvalue weighted by Crippen LogP contribution is 2.23. The number of carbonyl (C=O) groups excluding carboxylic acids is 1. The molecule has 21 heavy (non-hydrogen) atoms. The molecule has 1 amide bonds. The molecule has 2 rings (SSSR count). The van der Waals surface area contributed by atoms with Crippen molar-refractivity contribution in [3.8, 4) is 5.88 Å². The van der Waals surface area contributed by atoms with Crippen molar-refractivity contribution in [3.05, 3.63) is 18.0 Å². The van der Waals surface area contributed by atoms with E-state index in [2.05, 4.69) is 9.97 Å². The number of ether oxygens (including phenoxy) is 1. The topological polar surface area (TPSA) is 60.3 Å². The lowest BCUT2D eigenvalue weighted by Crippen LogP contribution is -2.31. The van der Waals surface area contributed by atoms with Gasteiger partial charge in [-0.15, -0.1) is 11.6 Å². The van der Waals surface area contributed by atoms with Gasteiger partial charge in [0.15, 0.2) is 5.65 Å². The first-order valence-corrected chi connectivity index (χ1v) is 7.22. The molecule has 0 spiro atoms. The van der Waals surface area contributed by atoms with Crippen LogP contribution in [0.4, 0.5) is 0 Å². The minimum atomic E-state index is -0.400. The Balaban J connectivity index is 2.61. The normalized spacial score (nSPS) is 12.4. The molecule has 7 heteroatoms. The predicted octanol–water partition coefficient (Wildman–Crippen LogP) is 1.87. The van der Waals surface area contributed by atoms with Crippen LogP contribution in [-0.2, 0) is 11.2 Å². The standard InChI is InChI=1S/C14H19ClN4O2/c1-9(14(20)18(2)3)19-11(7-8-15)16-10-5-6-12(21-4)17-13(10)19/h5-6,9H,7-8H2,1-4H3. The lowest BCUT2D eigenvalue weighted by atomic mass is 10.2. The SMILES string of the molecule is COc1ccc2nc(CCCl)n(C(C)C(=O)N(C)C)c2n1. The number of hydrogen-bond donors (Lipinski definition) is 0. The van der Waals surface area contributed by atoms with Gasteiger partial charge in [-0.25, -0.2) is 4.98 Å². The molecular formula is C14H19ClN4O2. The molecule has 0 aliphatic rings. The molecule has 1 atom stereocenters. The number of fused-ring (bicyclic) bond motifs is 1. The zero-order valence-corrected chi connectivity index (χ0v) is 13.4. The Morgan fingerprint density at radius 2 is 2.14 bits per heavy atom. The molecule has 0 fully saturated rings. The summed E-state index contributed by atoms with van der Waals surface area (Å²) in [5.74, 6) is 1.66. The Kier molecular flexibility index (Phi) is 4.67. The Morgan fingerprint density at radius 3 is 2.71 bits per heavy atom. The van der Waals surface area contributed by atoms with Crippen molar-refractivity contribution in [2.24, 2.45) is 0 Å². The van der Waals surface area contributed by atoms with E-state index in [1.54, 1.807) is 32.2 Å². The number of aromatic nitrogens is 3. The van der Waals surface area contributed by atoms with Gasteiger partial charge in [-0.1, -0.05) is 0 Å². The van der Waals surface area contributed by atoms with E-state index in [0.717, 1.165) is 11.3 Å². The van der Waals surface area contributed by atoms with E-state index < -0.39 is 6.04 Å². The summed E-state index contributed by atoms with van der Waals surface area (Å²) in [5.41, 5.74) is 1.37. The van der Waals surface area contributed by atoms with Gasteiger partial charge in [-0.2, -0.15) is 4.98 Å². The Hall–Kier alpha value is -1.82. The first-order valence-electron chi connectivity index (χ1n) is 6.68. The molecular weight excluding hydrogens is 292 g/mol. The van der Waals surface area contributed by atoms with Crippen LogP contribution in [0.15, 0.2) is 12.1 Å². The number of imidazole rings is 1. The molecule has 2 aromatic heterocycles. The molecule has 2 aromatic rings. The van der Waals surface area contributed by atoms with E-state index >= 15 is 0 Å². The molecule has 0 bridgehead atoms. The molecule has 0 aromatic carbocycles. The van der Waals surface area contributed by atoms with E-state index in [1.807, 2.05) is 17.6 Å². The molecule has 0 saturated carbocycles. The quantitative estimate of drug-likeness (QED) is 0.791. The van der Waals surface area contributed by atoms with Crippen molar-refractivity contribution in [2.75, 3.05) is 27.1 Å². The fourth-order valence-corrected chi connectivity index (χ4v) is 2.44. The number of pyridine rings is 1. The van der Waals surface area contributed by atoms with Crippen molar-refractivity contribution in [1.82, 2.24) is 19.4 Å². The zero-order chi connectivity index (χ0) is 15.6. The zero-order valence-electron chi connectivity index (χ0n) is 12.6. The molecule has 2 heterocycles. The van der Waals surface area contributed by atoms with Crippen LogP contribution in [0.25, 0.3) is 11.2 Å². The van der Waals surface area contributed by atoms with Crippen molar-refractivity contribution in [1.29, 1.82) is 0 Å². The third-order valence-corrected chi connectivity index (χ3v) is 3.49. The van der Waals surface area contributed by atoms with Gasteiger partial charge in [-0.05, 0) is 13.0 Å². The minimum Gasteiger partial charge on any atom is -0.481 e. The summed E-state index contributed by atoms with van der Waals surface area (Å²) in [5, 5.41) is 0. The highest BCUT2D eigenvalue weighted by atomic mass is 35.5. The number of likely N-dealkylation sites (N-methyl/N-ethyl adjacent to an activating group) is 1. The lowest BCUT2D eigenvalue weighted by Gasteiger charge is -2.20. The number of alkyl halides is 1. The van der Waals surface area contributed by atoms with Crippen LogP contribution in [0.1, 0.15) is 18.8 Å². The summed E-state index contributed by atoms with van der Waals surface area (Å²) < 4.78 is 7.00. The Bertz CT molecular complexity index is 654. The van der Waals surface area contributed by atoms with Gasteiger partial charge in [-0.3, -0.25) is 4.79 Å². The van der Waals surface area contributed by atoms with Gasteiger partial charge in [0.25, 0.3) is 0 Å². The summed E-state index contributed by atoms with van der Waals surface area (Å²) in [4.78, 5) is 22.8. The van der Waals surface area contributed by atoms with Gasteiger partial charge in [0.1, 0.15) is 17.4 Å². The van der Waals surface area contributed by atoms with Crippen LogP contribution in [-0.4, -0.2) is 52.4 Å². The van der Waals surface area contributed by atoms with E-state index in [9.17, 15) is 4.79 Å². The number of hydrogen-bond acceptors (Lipinski definition) is 4. The van der Waals surface area contributed by atoms with Crippen LogP contribution in [0.5, 0.6) is 5.88 Å². The summed E-state index contributed by atoms with van der Waals surface area (Å²) in [6.07, 6.45) is 0.575. The van der Waals surface area contributed by atoms with Gasteiger partial charge < -0.3 is 14.2 Å². The summed E-state index contributed by atoms with van der Waals surface area (Å²) in [6.45, 7) is 1.84. The Morgan fingerprint density at radius 1 is 1.43 bits per heavy atom. The highest BCUT2D eigenvalue weighted by Gasteiger charge is 2.23. The molecule has 6 nitrogen and oxygen atoms in total. The number of nitrogens with zero attached hydrogens (tertiary/aromatic N) is 4. The maximum atomic E-state index is 12.3. The summed E-state index contributed by atoms with van der Waals surface area (Å²) in [7, 11) is 5.02. The van der Waals surface area contributed by atoms with E-state index in [4.69, 9.17) is 16.3 Å². The van der Waals surface area contributed by atoms with Gasteiger partial charge in [0, 0.05) is 32.5 Å². The smallest absolute Gasteiger partial charge is 0.244 e. The number of aryl methyl sites for hydroxylation is 1. The largest absolute Gasteiger partial charge is 0.481 e. The van der Waals surface area contributed by atoms with Crippen molar-refractivity contribution in [3.63, 3.8) is 0 Å². The van der Waals surface area contributed by atoms with Crippen LogP contribution in [0, 0.1) is 0 Å². The fraction of sp³-hybridized carbons (Fsp3) is 0.500. The average Bonchev–Trinajstić information content (AvgIpc) is 2.82. The van der Waals surface area contributed by atoms with Gasteiger partial charge >= 0.3 is 0 Å². The minimum absolute atomic E-state index is 0.0188. The maximum Gasteiger partial charge on any atom is 0.244 e. The van der Waals surface area contributed by atoms with Crippen LogP contribution >= 0.6 is 11.6 Å². The van der Waals surface area contributed by atoms with E-state index in [0.29, 0.717) is 23.8 Å². The van der Waals surface area contributed by atoms with E-state index in [-0.39, 0.29) is 5.91 Å². The lowest BCUT2D eigenvalue weighted by molar-refractivity contribution is -0.131. The number of amides is 1. The molecule has 1 unspecified atom stereocenters. The number of rotatable bonds is 5. The first-order chi connectivity index (χ1) is 9.99. The van der Waals surface area contributed by atoms with Gasteiger partial charge in [0.2, 0.25) is 11.8 Å². The van der Waals surface area contributed by atoms with E-state index in [1.165, 1.54) is 0 Å². The summed E-state index contributed by atoms with van der Waals surface area (Å²) >= 11 is 5.85. The van der Waals surface area contributed by atoms with Crippen molar-refractivity contribution >= 4 is 28.7 Å². The first kappa shape index (κ1) is 15.6.